The molecule has 9 rings (SSSR count). The molecule has 47 heavy (non-hydrogen) atoms. The van der Waals surface area contributed by atoms with E-state index >= 15 is 0 Å². The number of aryl methyl sites for hydroxylation is 1. The summed E-state index contributed by atoms with van der Waals surface area (Å²) in [6.45, 7) is 14.0. The lowest BCUT2D eigenvalue weighted by atomic mass is 9.64. The molecule has 0 amide bonds. The minimum atomic E-state index is -0.487. The van der Waals surface area contributed by atoms with Crippen LogP contribution in [-0.2, 0) is 6.42 Å². The third-order valence-corrected chi connectivity index (χ3v) is 11.1. The fraction of sp³-hybridized carbons (Fsp3) is 0.275. The van der Waals surface area contributed by atoms with E-state index in [1.807, 2.05) is 18.6 Å². The number of hydrogen-bond acceptors (Lipinski definition) is 7. The molecule has 5 heterocycles. The van der Waals surface area contributed by atoms with E-state index in [2.05, 4.69) is 145 Å². The Morgan fingerprint density at radius 1 is 0.745 bits per heavy atom. The summed E-state index contributed by atoms with van der Waals surface area (Å²) in [6, 6.07) is 31.0. The quantitative estimate of drug-likeness (QED) is 0.183. The van der Waals surface area contributed by atoms with E-state index in [1.165, 1.54) is 28.1 Å². The zero-order valence-electron chi connectivity index (χ0n) is 27.3. The third-order valence-electron chi connectivity index (χ3n) is 11.1. The zero-order valence-corrected chi connectivity index (χ0v) is 27.3. The minimum Gasteiger partial charge on any atom is -0.345 e. The second kappa shape index (κ2) is 10.2. The molecule has 1 aliphatic carbocycles. The molecule has 0 N–H and O–H groups in total. The average Bonchev–Trinajstić information content (AvgIpc) is 3.73. The number of benzene rings is 3. The molecule has 0 fully saturated rings. The van der Waals surface area contributed by atoms with Gasteiger partial charge in [-0.15, -0.1) is 6.58 Å². The fourth-order valence-electron chi connectivity index (χ4n) is 9.29. The summed E-state index contributed by atoms with van der Waals surface area (Å²) in [7, 11) is 0. The first-order chi connectivity index (χ1) is 22.9. The number of allylic oxidation sites excluding steroid dienone is 1. The number of anilines is 7. The summed E-state index contributed by atoms with van der Waals surface area (Å²) in [5.74, 6) is 3.11. The molecule has 3 aromatic carbocycles. The molecule has 5 aromatic rings. The predicted molar refractivity (Wildman–Crippen MR) is 190 cm³/mol. The van der Waals surface area contributed by atoms with Gasteiger partial charge in [-0.1, -0.05) is 61.5 Å². The number of fused-ring (bicyclic) bond motifs is 6. The van der Waals surface area contributed by atoms with Crippen molar-refractivity contribution in [1.29, 1.82) is 0 Å². The highest BCUT2D eigenvalue weighted by atomic mass is 15.5. The van der Waals surface area contributed by atoms with Crippen molar-refractivity contribution in [3.63, 3.8) is 0 Å². The van der Waals surface area contributed by atoms with Gasteiger partial charge in [0.05, 0.1) is 11.1 Å². The van der Waals surface area contributed by atoms with Crippen LogP contribution in [0, 0.1) is 18.3 Å². The average molecular weight is 618 g/mol. The van der Waals surface area contributed by atoms with Gasteiger partial charge in [-0.3, -0.25) is 0 Å². The van der Waals surface area contributed by atoms with E-state index in [9.17, 15) is 0 Å². The Balaban J connectivity index is 1.39. The number of para-hydroxylation sites is 2. The lowest BCUT2D eigenvalue weighted by molar-refractivity contribution is 0.119. The van der Waals surface area contributed by atoms with E-state index in [1.54, 1.807) is 0 Å². The normalized spacial score (nSPS) is 25.1. The van der Waals surface area contributed by atoms with Crippen molar-refractivity contribution < 1.29 is 0 Å². The summed E-state index contributed by atoms with van der Waals surface area (Å²) in [4.78, 5) is 25.4. The molecule has 0 spiro atoms. The zero-order chi connectivity index (χ0) is 32.0. The molecule has 5 unspecified atom stereocenters. The first-order valence-electron chi connectivity index (χ1n) is 16.7. The molecule has 2 bridgehead atoms. The first-order valence-corrected chi connectivity index (χ1v) is 16.7. The summed E-state index contributed by atoms with van der Waals surface area (Å²) < 4.78 is 0. The second-order valence-electron chi connectivity index (χ2n) is 13.9. The van der Waals surface area contributed by atoms with Crippen LogP contribution in [0.25, 0.3) is 0 Å². The highest BCUT2D eigenvalue weighted by Crippen LogP contribution is 2.64. The van der Waals surface area contributed by atoms with Crippen LogP contribution in [-0.4, -0.2) is 33.3 Å². The summed E-state index contributed by atoms with van der Waals surface area (Å²) in [5, 5.41) is 0. The summed E-state index contributed by atoms with van der Waals surface area (Å²) in [5.41, 5.74) is 8.12. The standard InChI is InChI=1S/C40H39N7/c1-6-31-29-23-27-18-19-33(30(29)24-27)47-37-36(42-21-22-43-37)45(28-14-8-7-9-15-28)39(47)40(31,5)38-44(25(2)3)34-17-12-20-41-35(34)46(38)32-16-11-10-13-26(32)4/h6-22,24-25,29,31,38-39H,1,23H2,2-5H3. The topological polar surface area (TPSA) is 51.6 Å². The Kier molecular flexibility index (Phi) is 6.07. The third kappa shape index (κ3) is 3.71. The van der Waals surface area contributed by atoms with E-state index in [-0.39, 0.29) is 30.2 Å². The molecule has 4 aliphatic rings. The number of hydrogen-bond donors (Lipinski definition) is 0. The molecule has 0 saturated carbocycles. The Hall–Kier alpha value is -5.17. The summed E-state index contributed by atoms with van der Waals surface area (Å²) >= 11 is 0. The van der Waals surface area contributed by atoms with Crippen molar-refractivity contribution >= 4 is 40.2 Å². The molecule has 234 valence electrons. The molecule has 7 nitrogen and oxygen atoms in total. The van der Waals surface area contributed by atoms with E-state index < -0.39 is 5.41 Å². The maximum atomic E-state index is 5.12. The van der Waals surface area contributed by atoms with Gasteiger partial charge in [0, 0.05) is 41.7 Å². The molecule has 2 aromatic heterocycles. The smallest absolute Gasteiger partial charge is 0.178 e. The molecule has 0 saturated heterocycles. The number of aromatic nitrogens is 3. The van der Waals surface area contributed by atoms with E-state index in [4.69, 9.17) is 15.0 Å². The van der Waals surface area contributed by atoms with Gasteiger partial charge in [0.2, 0.25) is 0 Å². The van der Waals surface area contributed by atoms with Crippen LogP contribution in [0.1, 0.15) is 43.4 Å². The van der Waals surface area contributed by atoms with Crippen LogP contribution < -0.4 is 19.6 Å². The molecular formula is C40H39N7. The molecule has 7 heteroatoms. The van der Waals surface area contributed by atoms with Crippen molar-refractivity contribution in [3.05, 3.63) is 133 Å². The van der Waals surface area contributed by atoms with Crippen LogP contribution >= 0.6 is 0 Å². The molecule has 5 atom stereocenters. The number of rotatable bonds is 5. The van der Waals surface area contributed by atoms with E-state index in [0.717, 1.165) is 35.2 Å². The lowest BCUT2D eigenvalue weighted by Crippen LogP contribution is -2.66. The Bertz CT molecular complexity index is 2020. The van der Waals surface area contributed by atoms with Gasteiger partial charge in [0.25, 0.3) is 0 Å². The van der Waals surface area contributed by atoms with Gasteiger partial charge in [-0.2, -0.15) is 0 Å². The minimum absolute atomic E-state index is 0.0868. The Morgan fingerprint density at radius 3 is 2.17 bits per heavy atom. The van der Waals surface area contributed by atoms with Crippen molar-refractivity contribution in [2.24, 2.45) is 11.3 Å². The van der Waals surface area contributed by atoms with Gasteiger partial charge < -0.3 is 19.6 Å². The first kappa shape index (κ1) is 28.1. The van der Waals surface area contributed by atoms with Crippen molar-refractivity contribution in [1.82, 2.24) is 15.0 Å². The van der Waals surface area contributed by atoms with Crippen molar-refractivity contribution in [3.8, 4) is 0 Å². The molecule has 3 aliphatic heterocycles. The molecule has 0 radical (unpaired) electrons. The largest absolute Gasteiger partial charge is 0.345 e. The van der Waals surface area contributed by atoms with Gasteiger partial charge in [0.1, 0.15) is 12.3 Å². The second-order valence-corrected chi connectivity index (χ2v) is 13.9. The Morgan fingerprint density at radius 2 is 1.43 bits per heavy atom. The number of nitrogens with zero attached hydrogens (tertiary/aromatic N) is 7. The van der Waals surface area contributed by atoms with Gasteiger partial charge >= 0.3 is 0 Å². The summed E-state index contributed by atoms with van der Waals surface area (Å²) in [6.07, 6.45) is 8.52. The van der Waals surface area contributed by atoms with Crippen molar-refractivity contribution in [2.45, 2.75) is 58.4 Å². The molecular weight excluding hydrogens is 578 g/mol. The maximum Gasteiger partial charge on any atom is 0.178 e. The Labute approximate surface area is 276 Å². The highest BCUT2D eigenvalue weighted by Gasteiger charge is 2.65. The fourth-order valence-corrected chi connectivity index (χ4v) is 9.29. The lowest BCUT2D eigenvalue weighted by Gasteiger charge is -2.55. The van der Waals surface area contributed by atoms with Gasteiger partial charge in [-0.25, -0.2) is 15.0 Å². The van der Waals surface area contributed by atoms with Crippen molar-refractivity contribution in [2.75, 3.05) is 19.6 Å². The van der Waals surface area contributed by atoms with Crippen LogP contribution in [0.2, 0.25) is 0 Å². The van der Waals surface area contributed by atoms with Gasteiger partial charge in [-0.05, 0) is 92.1 Å². The van der Waals surface area contributed by atoms with Crippen LogP contribution in [0.4, 0.5) is 40.2 Å². The van der Waals surface area contributed by atoms with Crippen LogP contribution in [0.5, 0.6) is 0 Å². The van der Waals surface area contributed by atoms with Gasteiger partial charge in [0.15, 0.2) is 17.5 Å². The SMILES string of the molecule is C=CC1C2Cc3ccc(c2c3)N2c3nccnc3N(c3ccccc3)C2C1(C)C1N(c2ccccc2C)c2ncccc2N1C(C)C. The maximum absolute atomic E-state index is 5.12. The van der Waals surface area contributed by atoms with Crippen LogP contribution in [0.15, 0.2) is 116 Å². The monoisotopic (exact) mass is 617 g/mol. The van der Waals surface area contributed by atoms with Crippen LogP contribution in [0.3, 0.4) is 0 Å². The number of pyridine rings is 1. The van der Waals surface area contributed by atoms with E-state index in [0.29, 0.717) is 0 Å². The highest BCUT2D eigenvalue weighted by molar-refractivity contribution is 5.88. The predicted octanol–water partition coefficient (Wildman–Crippen LogP) is 8.65.